The van der Waals surface area contributed by atoms with Gasteiger partial charge in [0.25, 0.3) is 0 Å². The highest BCUT2D eigenvalue weighted by atomic mass is 16.4. The van der Waals surface area contributed by atoms with E-state index in [4.69, 9.17) is 5.11 Å². The molecule has 0 aromatic rings. The summed E-state index contributed by atoms with van der Waals surface area (Å²) in [6.07, 6.45) is 2.68. The first kappa shape index (κ1) is 22.5. The molecule has 4 saturated carbocycles. The summed E-state index contributed by atoms with van der Waals surface area (Å²) in [6, 6.07) is 0. The van der Waals surface area contributed by atoms with Crippen molar-refractivity contribution < 1.29 is 30.3 Å². The number of carboxylic acid groups (broad SMARTS) is 1. The molecule has 0 amide bonds. The Morgan fingerprint density at radius 3 is 2.27 bits per heavy atom. The Hall–Kier alpha value is -0.690. The van der Waals surface area contributed by atoms with Crippen molar-refractivity contribution in [3.8, 4) is 0 Å². The molecule has 30 heavy (non-hydrogen) atoms. The van der Waals surface area contributed by atoms with Gasteiger partial charge in [-0.15, -0.1) is 0 Å². The van der Waals surface area contributed by atoms with Crippen molar-refractivity contribution in [1.29, 1.82) is 0 Å². The molecule has 0 radical (unpaired) electrons. The fraction of sp³-hybridized carbons (Fsp3) is 0.958. The minimum atomic E-state index is -0.777. The van der Waals surface area contributed by atoms with Crippen LogP contribution in [0.3, 0.4) is 0 Å². The number of aliphatic hydroxyl groups excluding tert-OH is 4. The monoisotopic (exact) mass is 424 g/mol. The van der Waals surface area contributed by atoms with Gasteiger partial charge in [-0.25, -0.2) is 0 Å². The average Bonchev–Trinajstić information content (AvgIpc) is 3.01. The van der Waals surface area contributed by atoms with Crippen LogP contribution < -0.4 is 0 Å². The molecule has 5 N–H and O–H groups in total. The Kier molecular flexibility index (Phi) is 5.79. The van der Waals surface area contributed by atoms with Crippen LogP contribution in [0.25, 0.3) is 0 Å². The first-order valence-electron chi connectivity index (χ1n) is 11.9. The van der Waals surface area contributed by atoms with E-state index in [9.17, 15) is 25.2 Å². The predicted molar refractivity (Wildman–Crippen MR) is 111 cm³/mol. The normalized spacial score (nSPS) is 54.0. The molecule has 172 valence electrons. The highest BCUT2D eigenvalue weighted by molar-refractivity contribution is 5.66. The highest BCUT2D eigenvalue weighted by Crippen LogP contribution is 2.68. The van der Waals surface area contributed by atoms with Gasteiger partial charge in [0.15, 0.2) is 0 Å². The quantitative estimate of drug-likeness (QED) is 0.473. The second-order valence-electron chi connectivity index (χ2n) is 11.5. The maximum atomic E-state index is 11.5. The van der Waals surface area contributed by atoms with E-state index in [1.807, 2.05) is 0 Å². The third-order valence-corrected chi connectivity index (χ3v) is 10.4. The molecule has 4 fully saturated rings. The Morgan fingerprint density at radius 1 is 0.933 bits per heavy atom. The van der Waals surface area contributed by atoms with Gasteiger partial charge < -0.3 is 25.5 Å². The van der Waals surface area contributed by atoms with Crippen LogP contribution >= 0.6 is 0 Å². The average molecular weight is 425 g/mol. The zero-order valence-corrected chi connectivity index (χ0v) is 18.6. The standard InChI is InChI=1S/C24H40O6/c1-12(4-7-21(29)30)15-5-6-16-22-17(11-20(28)24(15,16)3)23(2)13(9-18(22)26)8-14(25)10-19(23)27/h12-20,22,25-28H,4-11H2,1-3H3,(H,29,30)/t12-,13+,14+,15-,16?,17?,18-,19?,20+,22?,23+,24-/m1/s1. The molecule has 0 spiro atoms. The van der Waals surface area contributed by atoms with Crippen LogP contribution in [0.1, 0.15) is 72.1 Å². The molecule has 0 aromatic carbocycles. The summed E-state index contributed by atoms with van der Waals surface area (Å²) < 4.78 is 0. The van der Waals surface area contributed by atoms with E-state index in [0.29, 0.717) is 32.1 Å². The summed E-state index contributed by atoms with van der Waals surface area (Å²) in [6.45, 7) is 6.39. The zero-order valence-electron chi connectivity index (χ0n) is 18.6. The van der Waals surface area contributed by atoms with Crippen LogP contribution in [0.5, 0.6) is 0 Å². The minimum Gasteiger partial charge on any atom is -0.481 e. The molecule has 4 unspecified atom stereocenters. The largest absolute Gasteiger partial charge is 0.481 e. The van der Waals surface area contributed by atoms with Crippen LogP contribution in [-0.2, 0) is 4.79 Å². The molecule has 0 saturated heterocycles. The second-order valence-corrected chi connectivity index (χ2v) is 11.5. The van der Waals surface area contributed by atoms with Crippen LogP contribution in [-0.4, -0.2) is 55.9 Å². The number of fused-ring (bicyclic) bond motifs is 5. The summed E-state index contributed by atoms with van der Waals surface area (Å²) in [4.78, 5) is 11.1. The van der Waals surface area contributed by atoms with Gasteiger partial charge in [-0.2, -0.15) is 0 Å². The van der Waals surface area contributed by atoms with Crippen molar-refractivity contribution in [3.05, 3.63) is 0 Å². The van der Waals surface area contributed by atoms with Crippen molar-refractivity contribution in [1.82, 2.24) is 0 Å². The van der Waals surface area contributed by atoms with E-state index in [1.54, 1.807) is 0 Å². The number of aliphatic hydroxyl groups is 4. The first-order chi connectivity index (χ1) is 14.0. The van der Waals surface area contributed by atoms with E-state index in [1.165, 1.54) is 0 Å². The Labute approximate surface area is 179 Å². The lowest BCUT2D eigenvalue weighted by Gasteiger charge is -2.64. The minimum absolute atomic E-state index is 0.0369. The Bertz CT molecular complexity index is 668. The van der Waals surface area contributed by atoms with Crippen LogP contribution in [0.15, 0.2) is 0 Å². The van der Waals surface area contributed by atoms with Crippen LogP contribution in [0.2, 0.25) is 0 Å². The van der Waals surface area contributed by atoms with Crippen molar-refractivity contribution >= 4 is 5.97 Å². The number of hydrogen-bond donors (Lipinski definition) is 5. The Balaban J connectivity index is 1.63. The second kappa shape index (κ2) is 7.72. The van der Waals surface area contributed by atoms with Gasteiger partial charge >= 0.3 is 5.97 Å². The molecule has 0 bridgehead atoms. The number of aliphatic carboxylic acids is 1. The summed E-state index contributed by atoms with van der Waals surface area (Å²) in [7, 11) is 0. The molecule has 0 aromatic heterocycles. The van der Waals surface area contributed by atoms with Crippen molar-refractivity contribution in [2.75, 3.05) is 0 Å². The van der Waals surface area contributed by atoms with E-state index >= 15 is 0 Å². The third-order valence-electron chi connectivity index (χ3n) is 10.4. The van der Waals surface area contributed by atoms with Gasteiger partial charge in [0.2, 0.25) is 0 Å². The maximum absolute atomic E-state index is 11.5. The van der Waals surface area contributed by atoms with Gasteiger partial charge in [0.05, 0.1) is 24.4 Å². The molecule has 4 aliphatic carbocycles. The summed E-state index contributed by atoms with van der Waals surface area (Å²) >= 11 is 0. The molecule has 12 atom stereocenters. The summed E-state index contributed by atoms with van der Waals surface area (Å²) in [5, 5.41) is 53.1. The van der Waals surface area contributed by atoms with Gasteiger partial charge in [0, 0.05) is 6.42 Å². The fourth-order valence-corrected chi connectivity index (χ4v) is 8.76. The third kappa shape index (κ3) is 3.16. The SMILES string of the molecule is C[C@H](CCC(=O)O)[C@H]1CCC2C3C(C[C@H](O)[C@@]21C)[C@@]1(C)C(O)C[C@@H](O)C[C@H]1C[C@H]3O. The number of carbonyl (C=O) groups is 1. The molecular weight excluding hydrogens is 384 g/mol. The number of rotatable bonds is 4. The zero-order chi connectivity index (χ0) is 22.0. The van der Waals surface area contributed by atoms with Crippen LogP contribution in [0.4, 0.5) is 0 Å². The smallest absolute Gasteiger partial charge is 0.303 e. The highest BCUT2D eigenvalue weighted by Gasteiger charge is 2.67. The number of carboxylic acids is 1. The summed E-state index contributed by atoms with van der Waals surface area (Å²) in [5.74, 6) is -0.00131. The molecule has 6 nitrogen and oxygen atoms in total. The molecular formula is C24H40O6. The lowest BCUT2D eigenvalue weighted by atomic mass is 9.42. The fourth-order valence-electron chi connectivity index (χ4n) is 8.76. The van der Waals surface area contributed by atoms with Crippen molar-refractivity contribution in [2.45, 2.75) is 96.6 Å². The van der Waals surface area contributed by atoms with Gasteiger partial charge in [-0.1, -0.05) is 20.8 Å². The van der Waals surface area contributed by atoms with E-state index in [-0.39, 0.29) is 47.3 Å². The van der Waals surface area contributed by atoms with Gasteiger partial charge in [-0.3, -0.25) is 4.79 Å². The Morgan fingerprint density at radius 2 is 1.60 bits per heavy atom. The van der Waals surface area contributed by atoms with E-state index in [0.717, 1.165) is 12.8 Å². The number of hydrogen-bond acceptors (Lipinski definition) is 5. The summed E-state index contributed by atoms with van der Waals surface area (Å²) in [5.41, 5.74) is -0.721. The lowest BCUT2D eigenvalue weighted by molar-refractivity contribution is -0.234. The van der Waals surface area contributed by atoms with Crippen molar-refractivity contribution in [2.24, 2.45) is 46.3 Å². The molecule has 4 rings (SSSR count). The van der Waals surface area contributed by atoms with E-state index < -0.39 is 35.8 Å². The van der Waals surface area contributed by atoms with Gasteiger partial charge in [-0.05, 0) is 91.3 Å². The van der Waals surface area contributed by atoms with Crippen LogP contribution in [0, 0.1) is 46.3 Å². The van der Waals surface area contributed by atoms with E-state index in [2.05, 4.69) is 20.8 Å². The topological polar surface area (TPSA) is 118 Å². The predicted octanol–water partition coefficient (Wildman–Crippen LogP) is 2.42. The molecule has 6 heteroatoms. The van der Waals surface area contributed by atoms with Gasteiger partial charge in [0.1, 0.15) is 0 Å². The first-order valence-corrected chi connectivity index (χ1v) is 11.9. The molecule has 4 aliphatic rings. The molecule has 0 heterocycles. The van der Waals surface area contributed by atoms with Crippen molar-refractivity contribution in [3.63, 3.8) is 0 Å². The maximum Gasteiger partial charge on any atom is 0.303 e. The lowest BCUT2D eigenvalue weighted by Crippen LogP contribution is -2.65. The molecule has 0 aliphatic heterocycles.